The molecule has 8 heavy (non-hydrogen) atoms. The zero-order valence-electron chi connectivity index (χ0n) is 5.02. The fraction of sp³-hybridized carbons (Fsp3) is 0.800. The number of rotatable bonds is 4. The fourth-order valence-electron chi connectivity index (χ4n) is 0.317. The van der Waals surface area contributed by atoms with Crippen LogP contribution in [-0.2, 0) is 4.74 Å². The second-order valence-corrected chi connectivity index (χ2v) is 2.04. The van der Waals surface area contributed by atoms with Gasteiger partial charge in [0.25, 0.3) is 0 Å². The smallest absolute Gasteiger partial charge is 0.0989 e. The summed E-state index contributed by atoms with van der Waals surface area (Å²) in [5.74, 6) is 0. The van der Waals surface area contributed by atoms with E-state index in [0.29, 0.717) is 11.6 Å². The average Bonchev–Trinajstić information content (AvgIpc) is 1.66. The third-order valence-electron chi connectivity index (χ3n) is 0.593. The molecule has 0 unspecified atom stereocenters. The van der Waals surface area contributed by atoms with Crippen LogP contribution in [-0.4, -0.2) is 18.2 Å². The van der Waals surface area contributed by atoms with Gasteiger partial charge in [-0.1, -0.05) is 19.1 Å². The maximum absolute atomic E-state index is 5.14. The summed E-state index contributed by atoms with van der Waals surface area (Å²) in [6.07, 6.45) is 1.02. The first-order chi connectivity index (χ1) is 3.77. The lowest BCUT2D eigenvalue weighted by Crippen LogP contribution is -2.15. The summed E-state index contributed by atoms with van der Waals surface area (Å²) < 4.78 is 4.98. The van der Waals surface area contributed by atoms with Crippen molar-refractivity contribution in [2.45, 2.75) is 13.3 Å². The Morgan fingerprint density at radius 2 is 2.38 bits per heavy atom. The van der Waals surface area contributed by atoms with E-state index in [9.17, 15) is 0 Å². The van der Waals surface area contributed by atoms with Crippen LogP contribution in [0.15, 0.2) is 0 Å². The molecule has 0 bridgehead atoms. The minimum absolute atomic E-state index is 0.420. The molecular formula is C5H11NOS. The molecule has 0 amide bonds. The van der Waals surface area contributed by atoms with Gasteiger partial charge in [0.05, 0.1) is 11.6 Å². The molecule has 0 aliphatic carbocycles. The monoisotopic (exact) mass is 133 g/mol. The summed E-state index contributed by atoms with van der Waals surface area (Å²) in [6, 6.07) is 0. The van der Waals surface area contributed by atoms with Gasteiger partial charge in [-0.2, -0.15) is 0 Å². The molecule has 0 radical (unpaired) electrons. The number of ether oxygens (including phenoxy) is 1. The van der Waals surface area contributed by atoms with E-state index < -0.39 is 0 Å². The predicted molar refractivity (Wildman–Crippen MR) is 37.9 cm³/mol. The first-order valence-electron chi connectivity index (χ1n) is 2.63. The first kappa shape index (κ1) is 7.85. The van der Waals surface area contributed by atoms with Crippen LogP contribution in [0.2, 0.25) is 0 Å². The molecule has 0 saturated heterocycles. The molecule has 3 heteroatoms. The van der Waals surface area contributed by atoms with Crippen molar-refractivity contribution in [1.82, 2.24) is 0 Å². The lowest BCUT2D eigenvalue weighted by Gasteiger charge is -1.97. The summed E-state index contributed by atoms with van der Waals surface area (Å²) in [6.45, 7) is 3.21. The van der Waals surface area contributed by atoms with Crippen molar-refractivity contribution in [2.24, 2.45) is 5.73 Å². The van der Waals surface area contributed by atoms with Gasteiger partial charge in [-0.15, -0.1) is 0 Å². The molecule has 0 atom stereocenters. The van der Waals surface area contributed by atoms with Gasteiger partial charge in [0, 0.05) is 6.61 Å². The van der Waals surface area contributed by atoms with Crippen molar-refractivity contribution < 1.29 is 4.74 Å². The van der Waals surface area contributed by atoms with Gasteiger partial charge in [0.2, 0.25) is 0 Å². The quantitative estimate of drug-likeness (QED) is 0.453. The van der Waals surface area contributed by atoms with Crippen LogP contribution >= 0.6 is 12.2 Å². The topological polar surface area (TPSA) is 35.2 Å². The Labute approximate surface area is 55.0 Å². The third-order valence-corrected chi connectivity index (χ3v) is 0.711. The van der Waals surface area contributed by atoms with Gasteiger partial charge in [-0.25, -0.2) is 0 Å². The van der Waals surface area contributed by atoms with Gasteiger partial charge < -0.3 is 10.5 Å². The highest BCUT2D eigenvalue weighted by Gasteiger charge is 1.85. The molecule has 2 N–H and O–H groups in total. The Morgan fingerprint density at radius 3 is 2.75 bits per heavy atom. The Kier molecular flexibility index (Phi) is 4.90. The maximum Gasteiger partial charge on any atom is 0.0989 e. The van der Waals surface area contributed by atoms with Crippen LogP contribution in [0.5, 0.6) is 0 Å². The molecule has 0 aliphatic rings. The minimum atomic E-state index is 0.420. The summed E-state index contributed by atoms with van der Waals surface area (Å²) in [5, 5.41) is 0. The molecule has 0 saturated carbocycles. The highest BCUT2D eigenvalue weighted by molar-refractivity contribution is 7.80. The second-order valence-electron chi connectivity index (χ2n) is 1.52. The predicted octanol–water partition coefficient (Wildman–Crippen LogP) is 0.699. The van der Waals surface area contributed by atoms with E-state index >= 15 is 0 Å². The van der Waals surface area contributed by atoms with Crippen molar-refractivity contribution in [1.29, 1.82) is 0 Å². The molecule has 0 aromatic carbocycles. The van der Waals surface area contributed by atoms with E-state index in [-0.39, 0.29) is 0 Å². The molecule has 0 spiro atoms. The lowest BCUT2D eigenvalue weighted by atomic mass is 10.5. The fourth-order valence-corrected chi connectivity index (χ4v) is 0.400. The van der Waals surface area contributed by atoms with Gasteiger partial charge in [0.1, 0.15) is 0 Å². The van der Waals surface area contributed by atoms with Crippen LogP contribution in [0.4, 0.5) is 0 Å². The van der Waals surface area contributed by atoms with Crippen molar-refractivity contribution in [3.05, 3.63) is 0 Å². The lowest BCUT2D eigenvalue weighted by molar-refractivity contribution is 0.173. The van der Waals surface area contributed by atoms with E-state index in [1.165, 1.54) is 0 Å². The summed E-state index contributed by atoms with van der Waals surface area (Å²) >= 11 is 4.56. The van der Waals surface area contributed by atoms with Crippen molar-refractivity contribution in [3.8, 4) is 0 Å². The summed E-state index contributed by atoms with van der Waals surface area (Å²) in [5.41, 5.74) is 5.14. The van der Waals surface area contributed by atoms with Crippen molar-refractivity contribution in [2.75, 3.05) is 13.2 Å². The Morgan fingerprint density at radius 1 is 1.75 bits per heavy atom. The molecule has 0 aliphatic heterocycles. The molecule has 0 aromatic heterocycles. The maximum atomic E-state index is 5.14. The Bertz CT molecular complexity index is 74.8. The van der Waals surface area contributed by atoms with Crippen LogP contribution < -0.4 is 5.73 Å². The number of nitrogens with two attached hydrogens (primary N) is 1. The standard InChI is InChI=1S/C5H11NOS/c1-2-3-7-4-5(6)8/h2-4H2,1H3,(H2,6,8). The third kappa shape index (κ3) is 5.85. The van der Waals surface area contributed by atoms with E-state index in [1.807, 2.05) is 6.92 Å². The molecule has 48 valence electrons. The molecule has 0 aromatic rings. The molecule has 2 nitrogen and oxygen atoms in total. The zero-order valence-corrected chi connectivity index (χ0v) is 5.83. The SMILES string of the molecule is CCCOCC(N)=S. The van der Waals surface area contributed by atoms with Gasteiger partial charge in [-0.05, 0) is 6.42 Å². The molecule has 0 rings (SSSR count). The average molecular weight is 133 g/mol. The largest absolute Gasteiger partial charge is 0.391 e. The highest BCUT2D eigenvalue weighted by Crippen LogP contribution is 1.78. The van der Waals surface area contributed by atoms with E-state index in [4.69, 9.17) is 10.5 Å². The van der Waals surface area contributed by atoms with Gasteiger partial charge in [-0.3, -0.25) is 0 Å². The minimum Gasteiger partial charge on any atom is -0.391 e. The number of hydrogen-bond acceptors (Lipinski definition) is 2. The molecular weight excluding hydrogens is 122 g/mol. The summed E-state index contributed by atoms with van der Waals surface area (Å²) in [7, 11) is 0. The molecule has 0 heterocycles. The van der Waals surface area contributed by atoms with Crippen molar-refractivity contribution in [3.63, 3.8) is 0 Å². The summed E-state index contributed by atoms with van der Waals surface area (Å²) in [4.78, 5) is 0.429. The Balaban J connectivity index is 2.82. The normalized spacial score (nSPS) is 9.12. The Hall–Kier alpha value is -0.150. The highest BCUT2D eigenvalue weighted by atomic mass is 32.1. The van der Waals surface area contributed by atoms with Gasteiger partial charge >= 0.3 is 0 Å². The first-order valence-corrected chi connectivity index (χ1v) is 3.04. The van der Waals surface area contributed by atoms with Gasteiger partial charge in [0.15, 0.2) is 0 Å². The van der Waals surface area contributed by atoms with Crippen LogP contribution in [0, 0.1) is 0 Å². The second kappa shape index (κ2) is 5.00. The zero-order chi connectivity index (χ0) is 6.41. The van der Waals surface area contributed by atoms with Crippen molar-refractivity contribution >= 4 is 17.2 Å². The molecule has 0 fully saturated rings. The number of thiocarbonyl (C=S) groups is 1. The van der Waals surface area contributed by atoms with Crippen LogP contribution in [0.1, 0.15) is 13.3 Å². The number of hydrogen-bond donors (Lipinski definition) is 1. The van der Waals surface area contributed by atoms with E-state index in [1.54, 1.807) is 0 Å². The van der Waals surface area contributed by atoms with Crippen LogP contribution in [0.25, 0.3) is 0 Å². The van der Waals surface area contributed by atoms with E-state index in [2.05, 4.69) is 12.2 Å². The van der Waals surface area contributed by atoms with Crippen LogP contribution in [0.3, 0.4) is 0 Å². The van der Waals surface area contributed by atoms with E-state index in [0.717, 1.165) is 13.0 Å².